The van der Waals surface area contributed by atoms with Crippen LogP contribution in [0, 0.1) is 5.92 Å². The minimum absolute atomic E-state index is 0.0426. The zero-order chi connectivity index (χ0) is 11.2. The summed E-state index contributed by atoms with van der Waals surface area (Å²) < 4.78 is 5.19. The molecule has 0 aliphatic carbocycles. The highest BCUT2D eigenvalue weighted by molar-refractivity contribution is 4.85. The first-order valence-corrected chi connectivity index (χ1v) is 5.41. The van der Waals surface area contributed by atoms with Crippen molar-refractivity contribution in [1.82, 2.24) is 5.32 Å². The van der Waals surface area contributed by atoms with E-state index in [0.29, 0.717) is 12.5 Å². The van der Waals surface area contributed by atoms with Gasteiger partial charge in [-0.25, -0.2) is 0 Å². The SMILES string of the molecule is COC(C)CNC(C)(CN)CC(C)C. The van der Waals surface area contributed by atoms with E-state index in [4.69, 9.17) is 10.5 Å². The van der Waals surface area contributed by atoms with E-state index in [1.54, 1.807) is 7.11 Å². The van der Waals surface area contributed by atoms with Gasteiger partial charge in [0.15, 0.2) is 0 Å². The average Bonchev–Trinajstić information content (AvgIpc) is 2.13. The highest BCUT2D eigenvalue weighted by Crippen LogP contribution is 2.15. The van der Waals surface area contributed by atoms with Gasteiger partial charge < -0.3 is 15.8 Å². The van der Waals surface area contributed by atoms with Crippen molar-refractivity contribution in [3.05, 3.63) is 0 Å². The molecule has 86 valence electrons. The third kappa shape index (κ3) is 5.58. The van der Waals surface area contributed by atoms with Crippen LogP contribution in [0.4, 0.5) is 0 Å². The fourth-order valence-corrected chi connectivity index (χ4v) is 1.60. The molecule has 0 radical (unpaired) electrons. The van der Waals surface area contributed by atoms with Gasteiger partial charge >= 0.3 is 0 Å². The molecule has 2 unspecified atom stereocenters. The molecular formula is C11H26N2O. The van der Waals surface area contributed by atoms with Gasteiger partial charge in [-0.1, -0.05) is 13.8 Å². The topological polar surface area (TPSA) is 47.3 Å². The number of nitrogens with one attached hydrogen (secondary N) is 1. The van der Waals surface area contributed by atoms with E-state index in [1.807, 2.05) is 0 Å². The molecule has 0 bridgehead atoms. The second kappa shape index (κ2) is 6.38. The largest absolute Gasteiger partial charge is 0.380 e. The monoisotopic (exact) mass is 202 g/mol. The summed E-state index contributed by atoms with van der Waals surface area (Å²) in [6.45, 7) is 10.2. The van der Waals surface area contributed by atoms with Gasteiger partial charge in [-0.3, -0.25) is 0 Å². The van der Waals surface area contributed by atoms with Crippen molar-refractivity contribution in [3.8, 4) is 0 Å². The average molecular weight is 202 g/mol. The number of ether oxygens (including phenoxy) is 1. The summed E-state index contributed by atoms with van der Waals surface area (Å²) in [5.74, 6) is 0.661. The highest BCUT2D eigenvalue weighted by atomic mass is 16.5. The third-order valence-corrected chi connectivity index (χ3v) is 2.53. The lowest BCUT2D eigenvalue weighted by molar-refractivity contribution is 0.106. The maximum atomic E-state index is 5.78. The van der Waals surface area contributed by atoms with Crippen LogP contribution in [-0.4, -0.2) is 31.8 Å². The quantitative estimate of drug-likeness (QED) is 0.655. The molecule has 0 rings (SSSR count). The predicted molar refractivity (Wildman–Crippen MR) is 61.4 cm³/mol. The van der Waals surface area contributed by atoms with E-state index < -0.39 is 0 Å². The zero-order valence-electron chi connectivity index (χ0n) is 10.3. The molecule has 0 saturated carbocycles. The molecule has 2 atom stereocenters. The summed E-state index contributed by atoms with van der Waals surface area (Å²) >= 11 is 0. The molecule has 0 aromatic heterocycles. The van der Waals surface area contributed by atoms with Crippen molar-refractivity contribution in [2.24, 2.45) is 11.7 Å². The molecule has 0 fully saturated rings. The van der Waals surface area contributed by atoms with E-state index in [9.17, 15) is 0 Å². The van der Waals surface area contributed by atoms with Crippen molar-refractivity contribution in [2.45, 2.75) is 45.8 Å². The maximum Gasteiger partial charge on any atom is 0.0667 e. The van der Waals surface area contributed by atoms with Crippen LogP contribution in [0.3, 0.4) is 0 Å². The van der Waals surface area contributed by atoms with Gasteiger partial charge in [-0.05, 0) is 26.2 Å². The first-order valence-electron chi connectivity index (χ1n) is 5.41. The standard InChI is InChI=1S/C11H26N2O/c1-9(2)6-11(4,8-12)13-7-10(3)14-5/h9-10,13H,6-8,12H2,1-5H3. The number of nitrogens with two attached hydrogens (primary N) is 1. The van der Waals surface area contributed by atoms with Crippen LogP contribution in [0.1, 0.15) is 34.1 Å². The summed E-state index contributed by atoms with van der Waals surface area (Å²) in [5, 5.41) is 3.48. The molecule has 0 heterocycles. The van der Waals surface area contributed by atoms with Crippen molar-refractivity contribution in [2.75, 3.05) is 20.2 Å². The lowest BCUT2D eigenvalue weighted by Gasteiger charge is -2.32. The number of rotatable bonds is 7. The summed E-state index contributed by atoms with van der Waals surface area (Å²) in [6.07, 6.45) is 1.34. The summed E-state index contributed by atoms with van der Waals surface area (Å²) in [7, 11) is 1.73. The molecule has 0 spiro atoms. The Morgan fingerprint density at radius 3 is 2.29 bits per heavy atom. The van der Waals surface area contributed by atoms with Crippen molar-refractivity contribution in [1.29, 1.82) is 0 Å². The smallest absolute Gasteiger partial charge is 0.0667 e. The van der Waals surface area contributed by atoms with Gasteiger partial charge in [0.2, 0.25) is 0 Å². The van der Waals surface area contributed by atoms with E-state index in [0.717, 1.165) is 13.0 Å². The first-order chi connectivity index (χ1) is 6.43. The number of hydrogen-bond donors (Lipinski definition) is 2. The Bertz CT molecular complexity index is 150. The van der Waals surface area contributed by atoms with Gasteiger partial charge in [0.1, 0.15) is 0 Å². The van der Waals surface area contributed by atoms with Crippen LogP contribution in [-0.2, 0) is 4.74 Å². The third-order valence-electron chi connectivity index (χ3n) is 2.53. The molecule has 0 aromatic carbocycles. The molecule has 3 heteroatoms. The van der Waals surface area contributed by atoms with Crippen molar-refractivity contribution < 1.29 is 4.74 Å². The van der Waals surface area contributed by atoms with E-state index >= 15 is 0 Å². The molecule has 0 saturated heterocycles. The molecule has 0 aliphatic rings. The minimum atomic E-state index is 0.0426. The Kier molecular flexibility index (Phi) is 6.33. The highest BCUT2D eigenvalue weighted by Gasteiger charge is 2.23. The summed E-state index contributed by atoms with van der Waals surface area (Å²) in [5.41, 5.74) is 5.82. The van der Waals surface area contributed by atoms with E-state index in [2.05, 4.69) is 33.0 Å². The van der Waals surface area contributed by atoms with Crippen LogP contribution >= 0.6 is 0 Å². The molecule has 0 aromatic rings. The van der Waals surface area contributed by atoms with Crippen LogP contribution in [0.5, 0.6) is 0 Å². The lowest BCUT2D eigenvalue weighted by atomic mass is 9.90. The molecule has 14 heavy (non-hydrogen) atoms. The van der Waals surface area contributed by atoms with Crippen molar-refractivity contribution in [3.63, 3.8) is 0 Å². The van der Waals surface area contributed by atoms with Gasteiger partial charge in [-0.2, -0.15) is 0 Å². The maximum absolute atomic E-state index is 5.78. The Morgan fingerprint density at radius 1 is 1.36 bits per heavy atom. The molecular weight excluding hydrogens is 176 g/mol. The fraction of sp³-hybridized carbons (Fsp3) is 1.00. The Morgan fingerprint density at radius 2 is 1.93 bits per heavy atom. The van der Waals surface area contributed by atoms with Crippen LogP contribution in [0.25, 0.3) is 0 Å². The lowest BCUT2D eigenvalue weighted by Crippen LogP contribution is -2.51. The fourth-order valence-electron chi connectivity index (χ4n) is 1.60. The van der Waals surface area contributed by atoms with Crippen LogP contribution < -0.4 is 11.1 Å². The van der Waals surface area contributed by atoms with Gasteiger partial charge in [0, 0.05) is 25.7 Å². The van der Waals surface area contributed by atoms with E-state index in [1.165, 1.54) is 0 Å². The van der Waals surface area contributed by atoms with Gasteiger partial charge in [-0.15, -0.1) is 0 Å². The molecule has 0 amide bonds. The van der Waals surface area contributed by atoms with E-state index in [-0.39, 0.29) is 11.6 Å². The van der Waals surface area contributed by atoms with Gasteiger partial charge in [0.05, 0.1) is 6.10 Å². The Balaban J connectivity index is 3.98. The Hall–Kier alpha value is -0.120. The number of hydrogen-bond acceptors (Lipinski definition) is 3. The predicted octanol–water partition coefficient (Wildman–Crippen LogP) is 1.37. The second-order valence-corrected chi connectivity index (χ2v) is 4.79. The van der Waals surface area contributed by atoms with Crippen LogP contribution in [0.15, 0.2) is 0 Å². The minimum Gasteiger partial charge on any atom is -0.380 e. The normalized spacial score (nSPS) is 18.2. The molecule has 3 nitrogen and oxygen atoms in total. The summed E-state index contributed by atoms with van der Waals surface area (Å²) in [4.78, 5) is 0. The Labute approximate surface area is 88.4 Å². The zero-order valence-corrected chi connectivity index (χ0v) is 10.3. The first kappa shape index (κ1) is 13.9. The number of methoxy groups -OCH3 is 1. The summed E-state index contributed by atoms with van der Waals surface area (Å²) in [6, 6.07) is 0. The molecule has 0 aliphatic heterocycles. The second-order valence-electron chi connectivity index (χ2n) is 4.79. The van der Waals surface area contributed by atoms with Gasteiger partial charge in [0.25, 0.3) is 0 Å². The van der Waals surface area contributed by atoms with Crippen LogP contribution in [0.2, 0.25) is 0 Å². The molecule has 3 N–H and O–H groups in total. The van der Waals surface area contributed by atoms with Crippen molar-refractivity contribution >= 4 is 0 Å².